The minimum atomic E-state index is -0.526. The van der Waals surface area contributed by atoms with E-state index in [1.165, 1.54) is 16.3 Å². The largest absolute Gasteiger partial charge is 0.445 e. The van der Waals surface area contributed by atoms with Gasteiger partial charge in [-0.3, -0.25) is 9.14 Å². The highest BCUT2D eigenvalue weighted by atomic mass is 35.5. The van der Waals surface area contributed by atoms with Crippen molar-refractivity contribution < 1.29 is 9.63 Å². The second-order valence-electron chi connectivity index (χ2n) is 3.72. The van der Waals surface area contributed by atoms with Gasteiger partial charge in [0.05, 0.1) is 4.75 Å². The van der Waals surface area contributed by atoms with Crippen molar-refractivity contribution >= 4 is 69.1 Å². The van der Waals surface area contributed by atoms with Crippen LogP contribution in [0.4, 0.5) is 4.79 Å². The zero-order valence-corrected chi connectivity index (χ0v) is 14.0. The lowest BCUT2D eigenvalue weighted by Gasteiger charge is -2.27. The van der Waals surface area contributed by atoms with Crippen LogP contribution in [-0.4, -0.2) is 49.8 Å². The second-order valence-corrected chi connectivity index (χ2v) is 8.39. The number of amides is 1. The number of oxime groups is 1. The molecule has 0 aromatic rings. The Bertz CT molecular complexity index is 319. The van der Waals surface area contributed by atoms with Gasteiger partial charge in [0.15, 0.2) is 4.38 Å². The highest BCUT2D eigenvalue weighted by Gasteiger charge is 2.28. The molecule has 1 heterocycles. The first-order valence-electron chi connectivity index (χ1n) is 5.10. The summed E-state index contributed by atoms with van der Waals surface area (Å²) < 4.78 is 1.75. The third kappa shape index (κ3) is 5.28. The lowest BCUT2D eigenvalue weighted by atomic mass is 10.2. The number of halogens is 2. The number of alkyl halides is 2. The fourth-order valence-corrected chi connectivity index (χ4v) is 4.41. The van der Waals surface area contributed by atoms with Crippen LogP contribution in [0.25, 0.3) is 0 Å². The number of hydrogen-bond donors (Lipinski definition) is 0. The molecule has 1 saturated heterocycles. The maximum atomic E-state index is 11.7. The first kappa shape index (κ1) is 16.6. The highest BCUT2D eigenvalue weighted by Crippen LogP contribution is 2.31. The predicted octanol–water partition coefficient (Wildman–Crippen LogP) is 3.69. The quantitative estimate of drug-likeness (QED) is 0.328. The molecule has 0 radical (unpaired) electrons. The van der Waals surface area contributed by atoms with Gasteiger partial charge in [0, 0.05) is 30.3 Å². The summed E-state index contributed by atoms with van der Waals surface area (Å²) in [4.78, 5) is 16.5. The van der Waals surface area contributed by atoms with E-state index in [2.05, 4.69) is 5.16 Å². The molecule has 0 saturated carbocycles. The van der Waals surface area contributed by atoms with Gasteiger partial charge in [0.1, 0.15) is 0 Å². The molecule has 0 N–H and O–H groups in total. The standard InChI is InChI=1S/C9H14Cl2N2O2S3/c1-9(5-10,6-11)18-13(2)8(14)15-12-7-16-3-4-17-7/h3-6H2,1-2H3. The maximum Gasteiger partial charge on any atom is 0.445 e. The monoisotopic (exact) mass is 348 g/mol. The number of carbonyl (C=O) groups is 1. The number of carbonyl (C=O) groups excluding carboxylic acids is 1. The van der Waals surface area contributed by atoms with Gasteiger partial charge in [-0.1, -0.05) is 28.7 Å². The third-order valence-electron chi connectivity index (χ3n) is 1.91. The van der Waals surface area contributed by atoms with E-state index in [0.29, 0.717) is 11.8 Å². The molecule has 0 aliphatic carbocycles. The van der Waals surface area contributed by atoms with E-state index in [4.69, 9.17) is 28.0 Å². The molecule has 0 atom stereocenters. The zero-order chi connectivity index (χ0) is 13.6. The normalized spacial score (nSPS) is 15.7. The highest BCUT2D eigenvalue weighted by molar-refractivity contribution is 8.41. The average Bonchev–Trinajstić information content (AvgIpc) is 2.88. The molecule has 104 valence electrons. The van der Waals surface area contributed by atoms with Crippen molar-refractivity contribution in [3.05, 3.63) is 0 Å². The topological polar surface area (TPSA) is 41.9 Å². The Balaban J connectivity index is 2.43. The summed E-state index contributed by atoms with van der Waals surface area (Å²) in [7, 11) is 1.61. The van der Waals surface area contributed by atoms with E-state index >= 15 is 0 Å². The predicted molar refractivity (Wildman–Crippen MR) is 84.0 cm³/mol. The van der Waals surface area contributed by atoms with Gasteiger partial charge in [-0.25, -0.2) is 4.79 Å². The van der Waals surface area contributed by atoms with Crippen molar-refractivity contribution in [1.82, 2.24) is 4.31 Å². The lowest BCUT2D eigenvalue weighted by molar-refractivity contribution is 0.137. The Kier molecular flexibility index (Phi) is 7.38. The van der Waals surface area contributed by atoms with E-state index < -0.39 is 10.8 Å². The lowest BCUT2D eigenvalue weighted by Crippen LogP contribution is -2.32. The Hall–Kier alpha value is 0.570. The molecule has 0 spiro atoms. The van der Waals surface area contributed by atoms with Gasteiger partial charge >= 0.3 is 6.09 Å². The number of hydrogen-bond acceptors (Lipinski definition) is 6. The summed E-state index contributed by atoms with van der Waals surface area (Å²) in [6.07, 6.45) is -0.526. The zero-order valence-electron chi connectivity index (χ0n) is 10.0. The molecule has 0 aromatic carbocycles. The fourth-order valence-electron chi connectivity index (χ4n) is 0.938. The van der Waals surface area contributed by atoms with Crippen LogP contribution in [0, 0.1) is 0 Å². The number of thioether (sulfide) groups is 2. The van der Waals surface area contributed by atoms with Crippen molar-refractivity contribution in [1.29, 1.82) is 0 Å². The Morgan fingerprint density at radius 3 is 2.56 bits per heavy atom. The number of rotatable bonds is 5. The summed E-state index contributed by atoms with van der Waals surface area (Å²) in [5.74, 6) is 2.70. The molecule has 0 bridgehead atoms. The van der Waals surface area contributed by atoms with Gasteiger partial charge < -0.3 is 0 Å². The van der Waals surface area contributed by atoms with Crippen molar-refractivity contribution in [2.24, 2.45) is 5.16 Å². The van der Waals surface area contributed by atoms with E-state index in [9.17, 15) is 4.79 Å². The van der Waals surface area contributed by atoms with Crippen molar-refractivity contribution in [2.75, 3.05) is 30.3 Å². The molecule has 1 rings (SSSR count). The molecule has 0 unspecified atom stereocenters. The van der Waals surface area contributed by atoms with E-state index in [0.717, 1.165) is 15.9 Å². The van der Waals surface area contributed by atoms with Crippen molar-refractivity contribution in [2.45, 2.75) is 11.7 Å². The molecule has 18 heavy (non-hydrogen) atoms. The first-order valence-corrected chi connectivity index (χ1v) is 8.91. The van der Waals surface area contributed by atoms with Gasteiger partial charge in [0.2, 0.25) is 0 Å². The first-order chi connectivity index (χ1) is 8.50. The maximum absolute atomic E-state index is 11.7. The van der Waals surface area contributed by atoms with E-state index in [1.807, 2.05) is 6.92 Å². The molecular weight excluding hydrogens is 335 g/mol. The molecule has 0 aromatic heterocycles. The molecule has 9 heteroatoms. The Morgan fingerprint density at radius 1 is 1.50 bits per heavy atom. The SMILES string of the molecule is CN(SC(C)(CCl)CCl)C(=O)ON=C1SCCS1. The Labute approximate surface area is 130 Å². The van der Waals surface area contributed by atoms with Crippen LogP contribution >= 0.6 is 58.7 Å². The summed E-state index contributed by atoms with van der Waals surface area (Å²) >= 11 is 16.1. The van der Waals surface area contributed by atoms with Gasteiger partial charge in [-0.2, -0.15) is 0 Å². The van der Waals surface area contributed by atoms with Crippen LogP contribution in [0.1, 0.15) is 6.92 Å². The van der Waals surface area contributed by atoms with E-state index in [1.54, 1.807) is 30.6 Å². The van der Waals surface area contributed by atoms with Crippen molar-refractivity contribution in [3.63, 3.8) is 0 Å². The number of nitrogens with zero attached hydrogens (tertiary/aromatic N) is 2. The summed E-state index contributed by atoms with van der Waals surface area (Å²) in [6, 6.07) is 0. The smallest absolute Gasteiger partial charge is 0.296 e. The molecular formula is C9H14Cl2N2O2S3. The van der Waals surface area contributed by atoms with E-state index in [-0.39, 0.29) is 0 Å². The molecule has 1 fully saturated rings. The van der Waals surface area contributed by atoms with Crippen LogP contribution in [0.15, 0.2) is 5.16 Å². The Morgan fingerprint density at radius 2 is 2.06 bits per heavy atom. The summed E-state index contributed by atoms with van der Waals surface area (Å²) in [5.41, 5.74) is 0. The third-order valence-corrected chi connectivity index (χ3v) is 6.99. The van der Waals surface area contributed by atoms with Crippen LogP contribution in [0.3, 0.4) is 0 Å². The second kappa shape index (κ2) is 7.99. The van der Waals surface area contributed by atoms with Crippen LogP contribution in [-0.2, 0) is 4.84 Å². The molecule has 1 amide bonds. The molecule has 1 aliphatic rings. The van der Waals surface area contributed by atoms with Crippen LogP contribution in [0.2, 0.25) is 0 Å². The summed E-state index contributed by atoms with van der Waals surface area (Å²) in [5, 5.41) is 3.80. The van der Waals surface area contributed by atoms with Crippen LogP contribution in [0.5, 0.6) is 0 Å². The van der Waals surface area contributed by atoms with Crippen LogP contribution < -0.4 is 0 Å². The van der Waals surface area contributed by atoms with Crippen molar-refractivity contribution in [3.8, 4) is 0 Å². The van der Waals surface area contributed by atoms with Gasteiger partial charge in [0.25, 0.3) is 0 Å². The van der Waals surface area contributed by atoms with Gasteiger partial charge in [-0.15, -0.1) is 23.2 Å². The average molecular weight is 349 g/mol. The van der Waals surface area contributed by atoms with Gasteiger partial charge in [-0.05, 0) is 18.9 Å². The summed E-state index contributed by atoms with van der Waals surface area (Å²) in [6.45, 7) is 1.88. The fraction of sp³-hybridized carbons (Fsp3) is 0.778. The minimum absolute atomic E-state index is 0.346. The molecule has 4 nitrogen and oxygen atoms in total. The minimum Gasteiger partial charge on any atom is -0.296 e. The molecule has 1 aliphatic heterocycles.